The molecule has 0 aliphatic heterocycles. The molecule has 0 amide bonds. The number of hydrogen-bond donors (Lipinski definition) is 3. The lowest BCUT2D eigenvalue weighted by Crippen LogP contribution is -2.40. The van der Waals surface area contributed by atoms with E-state index in [9.17, 15) is 9.59 Å². The zero-order valence-electron chi connectivity index (χ0n) is 12.0. The fourth-order valence-corrected chi connectivity index (χ4v) is 3.04. The standard InChI is InChI=1S/C8H12O4.C7H14O/c9-6(10)8(7(11)12)4-2-1-3-5-8;8-6-7-4-2-1-3-5-7/h1-5H2,(H,9,10)(H,11,12);7-8H,1-6H2. The quantitative estimate of drug-likeness (QED) is 0.693. The normalized spacial score (nSPS) is 22.4. The van der Waals surface area contributed by atoms with Crippen molar-refractivity contribution in [3.8, 4) is 0 Å². The van der Waals surface area contributed by atoms with Crippen molar-refractivity contribution in [3.63, 3.8) is 0 Å². The van der Waals surface area contributed by atoms with Crippen molar-refractivity contribution in [2.24, 2.45) is 11.3 Å². The number of carboxylic acid groups (broad SMARTS) is 2. The van der Waals surface area contributed by atoms with Crippen molar-refractivity contribution < 1.29 is 24.9 Å². The summed E-state index contributed by atoms with van der Waals surface area (Å²) in [4.78, 5) is 21.5. The highest BCUT2D eigenvalue weighted by atomic mass is 16.4. The first-order chi connectivity index (χ1) is 9.53. The minimum absolute atomic E-state index is 0.275. The molecule has 0 bridgehead atoms. The highest BCUT2D eigenvalue weighted by Crippen LogP contribution is 2.36. The SMILES string of the molecule is O=C(O)C1(C(=O)O)CCCCC1.OCC1CCCCC1. The maximum atomic E-state index is 10.7. The van der Waals surface area contributed by atoms with Crippen LogP contribution in [0, 0.1) is 11.3 Å². The molecule has 0 saturated heterocycles. The number of aliphatic hydroxyl groups is 1. The molecule has 0 aromatic rings. The molecule has 0 radical (unpaired) electrons. The number of carbonyl (C=O) groups is 2. The fourth-order valence-electron chi connectivity index (χ4n) is 3.04. The summed E-state index contributed by atoms with van der Waals surface area (Å²) in [5, 5.41) is 26.2. The predicted molar refractivity (Wildman–Crippen MR) is 74.5 cm³/mol. The van der Waals surface area contributed by atoms with Crippen LogP contribution in [-0.2, 0) is 9.59 Å². The summed E-state index contributed by atoms with van der Waals surface area (Å²) in [6, 6.07) is 0. The minimum Gasteiger partial charge on any atom is -0.480 e. The van der Waals surface area contributed by atoms with Gasteiger partial charge in [-0.3, -0.25) is 9.59 Å². The predicted octanol–water partition coefficient (Wildman–Crippen LogP) is 2.67. The van der Waals surface area contributed by atoms with Crippen LogP contribution in [0.2, 0.25) is 0 Å². The van der Waals surface area contributed by atoms with Gasteiger partial charge in [-0.1, -0.05) is 38.5 Å². The van der Waals surface area contributed by atoms with Gasteiger partial charge in [0.2, 0.25) is 0 Å². The lowest BCUT2D eigenvalue weighted by Gasteiger charge is -2.28. The second-order valence-electron chi connectivity index (χ2n) is 5.94. The summed E-state index contributed by atoms with van der Waals surface area (Å²) >= 11 is 0. The Morgan fingerprint density at radius 3 is 1.60 bits per heavy atom. The molecule has 2 fully saturated rings. The van der Waals surface area contributed by atoms with Crippen LogP contribution in [0.25, 0.3) is 0 Å². The molecule has 0 aromatic carbocycles. The summed E-state index contributed by atoms with van der Waals surface area (Å²) in [6.45, 7) is 0.417. The van der Waals surface area contributed by atoms with Crippen LogP contribution < -0.4 is 0 Å². The molecule has 0 unspecified atom stereocenters. The van der Waals surface area contributed by atoms with Gasteiger partial charge in [0.25, 0.3) is 0 Å². The molecule has 0 aromatic heterocycles. The van der Waals surface area contributed by atoms with E-state index in [1.807, 2.05) is 0 Å². The molecule has 2 aliphatic carbocycles. The van der Waals surface area contributed by atoms with Crippen LogP contribution in [0.5, 0.6) is 0 Å². The van der Waals surface area contributed by atoms with Crippen molar-refractivity contribution >= 4 is 11.9 Å². The Labute approximate surface area is 120 Å². The number of carboxylic acids is 2. The van der Waals surface area contributed by atoms with Crippen LogP contribution in [0.4, 0.5) is 0 Å². The fraction of sp³-hybridized carbons (Fsp3) is 0.867. The Hall–Kier alpha value is -1.10. The van der Waals surface area contributed by atoms with Crippen molar-refractivity contribution in [1.82, 2.24) is 0 Å². The van der Waals surface area contributed by atoms with Crippen LogP contribution >= 0.6 is 0 Å². The van der Waals surface area contributed by atoms with Gasteiger partial charge in [-0.05, 0) is 31.6 Å². The van der Waals surface area contributed by atoms with E-state index < -0.39 is 17.4 Å². The lowest BCUT2D eigenvalue weighted by molar-refractivity contribution is -0.167. The van der Waals surface area contributed by atoms with E-state index in [0.717, 1.165) is 6.42 Å². The molecule has 3 N–H and O–H groups in total. The third-order valence-electron chi connectivity index (χ3n) is 4.51. The maximum Gasteiger partial charge on any atom is 0.321 e. The average Bonchev–Trinajstić information content (AvgIpc) is 2.49. The van der Waals surface area contributed by atoms with E-state index in [2.05, 4.69) is 0 Å². The molecule has 0 atom stereocenters. The first kappa shape index (κ1) is 17.0. The van der Waals surface area contributed by atoms with Crippen molar-refractivity contribution in [3.05, 3.63) is 0 Å². The van der Waals surface area contributed by atoms with Gasteiger partial charge in [-0.15, -0.1) is 0 Å². The first-order valence-corrected chi connectivity index (χ1v) is 7.60. The summed E-state index contributed by atoms with van der Waals surface area (Å²) in [5.74, 6) is -1.73. The Kier molecular flexibility index (Phi) is 6.99. The Morgan fingerprint density at radius 2 is 1.30 bits per heavy atom. The summed E-state index contributed by atoms with van der Waals surface area (Å²) < 4.78 is 0. The van der Waals surface area contributed by atoms with E-state index in [1.54, 1.807) is 0 Å². The van der Waals surface area contributed by atoms with Crippen LogP contribution in [0.15, 0.2) is 0 Å². The summed E-state index contributed by atoms with van der Waals surface area (Å²) in [6.07, 6.45) is 9.49. The molecular weight excluding hydrogens is 260 g/mol. The zero-order valence-corrected chi connectivity index (χ0v) is 12.0. The molecule has 5 nitrogen and oxygen atoms in total. The Balaban J connectivity index is 0.000000217. The van der Waals surface area contributed by atoms with Gasteiger partial charge in [0.15, 0.2) is 5.41 Å². The second kappa shape index (κ2) is 8.25. The molecule has 5 heteroatoms. The van der Waals surface area contributed by atoms with Gasteiger partial charge in [0.05, 0.1) is 0 Å². The number of hydrogen-bond acceptors (Lipinski definition) is 3. The zero-order chi connectivity index (χ0) is 15.0. The monoisotopic (exact) mass is 286 g/mol. The van der Waals surface area contributed by atoms with Crippen LogP contribution in [-0.4, -0.2) is 33.9 Å². The van der Waals surface area contributed by atoms with E-state index in [1.165, 1.54) is 32.1 Å². The van der Waals surface area contributed by atoms with Gasteiger partial charge in [0, 0.05) is 6.61 Å². The smallest absolute Gasteiger partial charge is 0.321 e. The molecule has 2 rings (SSSR count). The van der Waals surface area contributed by atoms with Crippen LogP contribution in [0.3, 0.4) is 0 Å². The summed E-state index contributed by atoms with van der Waals surface area (Å²) in [7, 11) is 0. The van der Waals surface area contributed by atoms with Gasteiger partial charge in [0.1, 0.15) is 0 Å². The molecule has 2 saturated carbocycles. The highest BCUT2D eigenvalue weighted by Gasteiger charge is 2.46. The van der Waals surface area contributed by atoms with E-state index in [0.29, 0.717) is 25.4 Å². The number of aliphatic hydroxyl groups excluding tert-OH is 1. The molecule has 20 heavy (non-hydrogen) atoms. The van der Waals surface area contributed by atoms with Crippen molar-refractivity contribution in [1.29, 1.82) is 0 Å². The van der Waals surface area contributed by atoms with Gasteiger partial charge < -0.3 is 15.3 Å². The van der Waals surface area contributed by atoms with Crippen LogP contribution in [0.1, 0.15) is 64.2 Å². The molecular formula is C15H26O5. The molecule has 2 aliphatic rings. The maximum absolute atomic E-state index is 10.7. The highest BCUT2D eigenvalue weighted by molar-refractivity contribution is 5.98. The third-order valence-corrected chi connectivity index (χ3v) is 4.51. The Morgan fingerprint density at radius 1 is 0.850 bits per heavy atom. The van der Waals surface area contributed by atoms with Gasteiger partial charge in [-0.2, -0.15) is 0 Å². The van der Waals surface area contributed by atoms with E-state index in [4.69, 9.17) is 15.3 Å². The topological polar surface area (TPSA) is 94.8 Å². The summed E-state index contributed by atoms with van der Waals surface area (Å²) in [5.41, 5.74) is -1.49. The largest absolute Gasteiger partial charge is 0.480 e. The van der Waals surface area contributed by atoms with E-state index in [-0.39, 0.29) is 12.8 Å². The number of aliphatic carboxylic acids is 2. The number of rotatable bonds is 3. The molecule has 0 heterocycles. The third kappa shape index (κ3) is 4.47. The molecule has 116 valence electrons. The van der Waals surface area contributed by atoms with E-state index >= 15 is 0 Å². The van der Waals surface area contributed by atoms with Crippen molar-refractivity contribution in [2.75, 3.05) is 6.61 Å². The lowest BCUT2D eigenvalue weighted by atomic mass is 9.74. The Bertz CT molecular complexity index is 298. The van der Waals surface area contributed by atoms with Crippen molar-refractivity contribution in [2.45, 2.75) is 64.2 Å². The minimum atomic E-state index is -1.49. The average molecular weight is 286 g/mol. The first-order valence-electron chi connectivity index (χ1n) is 7.60. The van der Waals surface area contributed by atoms with Gasteiger partial charge in [-0.25, -0.2) is 0 Å². The van der Waals surface area contributed by atoms with Gasteiger partial charge >= 0.3 is 11.9 Å². The second-order valence-corrected chi connectivity index (χ2v) is 5.94. The molecule has 0 spiro atoms.